The van der Waals surface area contributed by atoms with Crippen molar-refractivity contribution in [3.05, 3.63) is 28.8 Å². The highest BCUT2D eigenvalue weighted by atomic mass is 16.7. The standard InChI is InChI=1S/C51H74O24/c1-17-29(71-35-14-30(44(59)21(5)68-35)72-33-12-27(53)42(57)19(3)66-33)11-25-9-24-10-26(50(65-8)49(64)41(56)18(2)52)51(48(63)39(24)47(62)38(25)40(17)55)75-37-16-32(46(61)23(7)70-37)74-36-15-31(45(60)22(6)69-36)73-34-13-28(54)43(58)20(4)67-34/h9,11,18-23,26-28,30-37,41-46,50-62H,10,12-16H2,1-8H3/t18-,19?,20?,21?,22?,23?,26+,27?,28-,30?,31-,32-,33+,34+,35+,36+,37+,41+,42-,43-,44-,45-,46-,50+,51+/m1/s1. The fraction of sp³-hybridized carbons (Fsp3) is 0.765. The van der Waals surface area contributed by atoms with Gasteiger partial charge in [-0.2, -0.15) is 0 Å². The zero-order chi connectivity index (χ0) is 54.6. The second-order valence-corrected chi connectivity index (χ2v) is 21.0. The molecule has 5 aliphatic heterocycles. The van der Waals surface area contributed by atoms with Gasteiger partial charge in [0, 0.05) is 50.7 Å². The third-order valence-electron chi connectivity index (χ3n) is 15.5. The van der Waals surface area contributed by atoms with Crippen LogP contribution in [0.15, 0.2) is 12.1 Å². The normalized spacial score (nSPS) is 41.9. The Labute approximate surface area is 432 Å². The van der Waals surface area contributed by atoms with E-state index in [-0.39, 0.29) is 71.7 Å². The first-order valence-corrected chi connectivity index (χ1v) is 25.7. The van der Waals surface area contributed by atoms with Crippen LogP contribution < -0.4 is 4.74 Å². The van der Waals surface area contributed by atoms with Crippen molar-refractivity contribution in [2.24, 2.45) is 5.92 Å². The summed E-state index contributed by atoms with van der Waals surface area (Å²) in [6, 6.07) is 3.03. The van der Waals surface area contributed by atoms with Crippen molar-refractivity contribution in [1.82, 2.24) is 0 Å². The molecule has 0 aromatic heterocycles. The van der Waals surface area contributed by atoms with Crippen molar-refractivity contribution in [3.8, 4) is 17.2 Å². The molecule has 24 nitrogen and oxygen atoms in total. The number of fused-ring (bicyclic) bond motifs is 2. The number of hydrogen-bond acceptors (Lipinski definition) is 24. The number of ketones is 2. The van der Waals surface area contributed by atoms with E-state index in [2.05, 4.69) is 0 Å². The summed E-state index contributed by atoms with van der Waals surface area (Å²) < 4.78 is 66.3. The smallest absolute Gasteiger partial charge is 0.202 e. The minimum absolute atomic E-state index is 0.0357. The van der Waals surface area contributed by atoms with Gasteiger partial charge in [-0.05, 0) is 78.0 Å². The Bertz CT molecular complexity index is 2290. The van der Waals surface area contributed by atoms with Gasteiger partial charge < -0.3 is 108 Å². The third-order valence-corrected chi connectivity index (χ3v) is 15.5. The lowest BCUT2D eigenvalue weighted by Gasteiger charge is -2.45. The lowest BCUT2D eigenvalue weighted by Crippen LogP contribution is -2.57. The summed E-state index contributed by atoms with van der Waals surface area (Å²) in [7, 11) is 1.18. The topological polar surface area (TPSA) is 358 Å². The van der Waals surface area contributed by atoms with Gasteiger partial charge in [0.05, 0.1) is 78.1 Å². The van der Waals surface area contributed by atoms with E-state index >= 15 is 4.79 Å². The average molecular weight is 1070 g/mol. The fourth-order valence-corrected chi connectivity index (χ4v) is 11.0. The number of benzene rings is 2. The molecule has 0 amide bonds. The van der Waals surface area contributed by atoms with Crippen LogP contribution in [0.2, 0.25) is 0 Å². The summed E-state index contributed by atoms with van der Waals surface area (Å²) in [4.78, 5) is 28.9. The van der Waals surface area contributed by atoms with Crippen LogP contribution in [0.3, 0.4) is 0 Å². The molecule has 25 atom stereocenters. The molecule has 7 unspecified atom stereocenters. The maximum Gasteiger partial charge on any atom is 0.202 e. The molecule has 5 heterocycles. The summed E-state index contributed by atoms with van der Waals surface area (Å²) >= 11 is 0. The SMILES string of the molecule is CO[C@H](C(=O)[C@@H](O)[C@@H](C)O)[C@@H]1Cc2cc3cc(O[C@H]4CC(O[C@H]5CC(O)[C@H](O)C(C)O5)[C@H](O)C(C)O4)c(C)c(O)c3c(O)c2C(=O)[C@H]1O[C@H]1C[C@@H](O[C@H]2C[C@@H](O[C@H]3C[C@@H](O)[C@H](O)C(C)O3)[C@H](O)C(C)O2)[C@H](O)C(C)O1. The first-order valence-electron chi connectivity index (χ1n) is 25.7. The Morgan fingerprint density at radius 2 is 1.04 bits per heavy atom. The summed E-state index contributed by atoms with van der Waals surface area (Å²) in [6.45, 7) is 10.6. The van der Waals surface area contributed by atoms with E-state index in [0.29, 0.717) is 0 Å². The van der Waals surface area contributed by atoms with E-state index in [1.807, 2.05) is 0 Å². The first-order chi connectivity index (χ1) is 35.4. The number of rotatable bonds is 15. The lowest BCUT2D eigenvalue weighted by molar-refractivity contribution is -0.329. The number of ether oxygens (including phenoxy) is 11. The molecule has 0 saturated carbocycles. The second-order valence-electron chi connectivity index (χ2n) is 21.0. The molecule has 8 rings (SSSR count). The molecule has 6 aliphatic rings. The lowest BCUT2D eigenvalue weighted by atomic mass is 9.75. The number of carbonyl (C=O) groups is 2. The van der Waals surface area contributed by atoms with E-state index in [4.69, 9.17) is 52.1 Å². The maximum atomic E-state index is 15.0. The highest BCUT2D eigenvalue weighted by molar-refractivity contribution is 6.11. The molecule has 24 heteroatoms. The van der Waals surface area contributed by atoms with E-state index in [9.17, 15) is 61.0 Å². The number of hydrogen-bond donors (Lipinski definition) is 11. The first kappa shape index (κ1) is 57.8. The van der Waals surface area contributed by atoms with E-state index in [1.54, 1.807) is 27.7 Å². The summed E-state index contributed by atoms with van der Waals surface area (Å²) in [5.74, 6) is -4.06. The van der Waals surface area contributed by atoms with Gasteiger partial charge in [0.2, 0.25) is 6.29 Å². The monoisotopic (exact) mass is 1070 g/mol. The Balaban J connectivity index is 1.04. The van der Waals surface area contributed by atoms with Gasteiger partial charge >= 0.3 is 0 Å². The predicted octanol–water partition coefficient (Wildman–Crippen LogP) is -0.639. The van der Waals surface area contributed by atoms with Gasteiger partial charge in [-0.1, -0.05) is 0 Å². The third kappa shape index (κ3) is 12.0. The molecule has 11 N–H and O–H groups in total. The van der Waals surface area contributed by atoms with Crippen LogP contribution in [-0.2, 0) is 58.6 Å². The van der Waals surface area contributed by atoms with Gasteiger partial charge in [-0.15, -0.1) is 0 Å². The maximum absolute atomic E-state index is 15.0. The minimum atomic E-state index is -1.95. The van der Waals surface area contributed by atoms with Crippen LogP contribution in [0.1, 0.15) is 95.1 Å². The van der Waals surface area contributed by atoms with Crippen LogP contribution in [-0.4, -0.2) is 222 Å². The number of Topliss-reactive ketones (excluding diaryl/α,β-unsaturated/α-hetero) is 2. The van der Waals surface area contributed by atoms with Crippen LogP contribution in [0.4, 0.5) is 0 Å². The molecule has 0 radical (unpaired) electrons. The number of aliphatic hydroxyl groups excluding tert-OH is 9. The van der Waals surface area contributed by atoms with Crippen molar-refractivity contribution >= 4 is 22.3 Å². The summed E-state index contributed by atoms with van der Waals surface area (Å²) in [5, 5.41) is 119. The van der Waals surface area contributed by atoms with E-state index in [1.165, 1.54) is 40.0 Å². The van der Waals surface area contributed by atoms with Gasteiger partial charge in [0.25, 0.3) is 0 Å². The number of phenolic OH excluding ortho intramolecular Hbond substituents is 2. The van der Waals surface area contributed by atoms with Crippen molar-refractivity contribution < 1.29 is 118 Å². The van der Waals surface area contributed by atoms with Crippen LogP contribution in [0, 0.1) is 12.8 Å². The van der Waals surface area contributed by atoms with Crippen molar-refractivity contribution in [1.29, 1.82) is 0 Å². The Morgan fingerprint density at radius 1 is 0.613 bits per heavy atom. The minimum Gasteiger partial charge on any atom is -0.507 e. The molecule has 0 bridgehead atoms. The molecule has 2 aromatic carbocycles. The Kier molecular flexibility index (Phi) is 18.2. The molecule has 422 valence electrons. The van der Waals surface area contributed by atoms with Gasteiger partial charge in [0.15, 0.2) is 36.7 Å². The largest absolute Gasteiger partial charge is 0.507 e. The molecule has 75 heavy (non-hydrogen) atoms. The molecule has 1 aliphatic carbocycles. The number of aromatic hydroxyl groups is 2. The quantitative estimate of drug-likeness (QED) is 0.106. The molecular formula is C51H74O24. The van der Waals surface area contributed by atoms with Crippen LogP contribution >= 0.6 is 0 Å². The van der Waals surface area contributed by atoms with Crippen molar-refractivity contribution in [2.75, 3.05) is 7.11 Å². The molecule has 5 fully saturated rings. The number of carbonyl (C=O) groups excluding carboxylic acids is 2. The molecule has 5 saturated heterocycles. The van der Waals surface area contributed by atoms with Crippen molar-refractivity contribution in [2.45, 2.75) is 234 Å². The number of methoxy groups -OCH3 is 1. The fourth-order valence-electron chi connectivity index (χ4n) is 11.0. The Morgan fingerprint density at radius 3 is 1.49 bits per heavy atom. The highest BCUT2D eigenvalue weighted by Gasteiger charge is 2.51. The summed E-state index contributed by atoms with van der Waals surface area (Å²) in [5.41, 5.74) is 0.0678. The molecule has 2 aromatic rings. The summed E-state index contributed by atoms with van der Waals surface area (Å²) in [6.07, 6.45) is -27.9. The van der Waals surface area contributed by atoms with Gasteiger partial charge in [-0.3, -0.25) is 9.59 Å². The highest BCUT2D eigenvalue weighted by Crippen LogP contribution is 2.47. The van der Waals surface area contributed by atoms with Crippen molar-refractivity contribution in [3.63, 3.8) is 0 Å². The van der Waals surface area contributed by atoms with Gasteiger partial charge in [-0.25, -0.2) is 0 Å². The molecular weight excluding hydrogens is 997 g/mol. The Hall–Kier alpha value is -3.32. The average Bonchev–Trinajstić information content (AvgIpc) is 3.34. The van der Waals surface area contributed by atoms with Crippen LogP contribution in [0.5, 0.6) is 17.2 Å². The van der Waals surface area contributed by atoms with Crippen LogP contribution in [0.25, 0.3) is 10.8 Å². The van der Waals surface area contributed by atoms with E-state index in [0.717, 1.165) is 0 Å². The van der Waals surface area contributed by atoms with Gasteiger partial charge in [0.1, 0.15) is 66.1 Å². The number of phenols is 2. The number of aliphatic hydroxyl groups is 9. The molecule has 0 spiro atoms. The zero-order valence-corrected chi connectivity index (χ0v) is 43.1. The second kappa shape index (κ2) is 23.6. The zero-order valence-electron chi connectivity index (χ0n) is 43.1. The predicted molar refractivity (Wildman–Crippen MR) is 254 cm³/mol. The van der Waals surface area contributed by atoms with E-state index < -0.39 is 176 Å².